The minimum absolute atomic E-state index is 0.319. The Morgan fingerprint density at radius 2 is 2.12 bits per heavy atom. The summed E-state index contributed by atoms with van der Waals surface area (Å²) in [5.74, 6) is 0.159. The fraction of sp³-hybridized carbons (Fsp3) is 0. The van der Waals surface area contributed by atoms with Crippen molar-refractivity contribution in [1.82, 2.24) is 9.97 Å². The first-order valence-electron chi connectivity index (χ1n) is 4.21. The molecule has 0 atom stereocenters. The highest BCUT2D eigenvalue weighted by molar-refractivity contribution is 14.1. The highest BCUT2D eigenvalue weighted by Crippen LogP contribution is 2.24. The number of aromatic nitrogens is 2. The van der Waals surface area contributed by atoms with Crippen LogP contribution in [-0.4, -0.2) is 9.97 Å². The van der Waals surface area contributed by atoms with Gasteiger partial charge in [-0.25, -0.2) is 14.4 Å². The molecule has 16 heavy (non-hydrogen) atoms. The summed E-state index contributed by atoms with van der Waals surface area (Å²) in [5, 5.41) is 0.394. The van der Waals surface area contributed by atoms with E-state index < -0.39 is 0 Å². The highest BCUT2D eigenvalue weighted by Gasteiger charge is 2.07. The van der Waals surface area contributed by atoms with Gasteiger partial charge in [0.15, 0.2) is 5.82 Å². The first-order chi connectivity index (χ1) is 7.58. The first-order valence-corrected chi connectivity index (χ1v) is 6.46. The Kier molecular flexibility index (Phi) is 3.76. The quantitative estimate of drug-likeness (QED) is 0.515. The molecule has 0 amide bonds. The van der Waals surface area contributed by atoms with Crippen LogP contribution in [-0.2, 0) is 0 Å². The Labute approximate surface area is 119 Å². The van der Waals surface area contributed by atoms with Gasteiger partial charge in [0, 0.05) is 11.8 Å². The lowest BCUT2D eigenvalue weighted by atomic mass is 10.2. The van der Waals surface area contributed by atoms with Gasteiger partial charge >= 0.3 is 0 Å². The van der Waals surface area contributed by atoms with E-state index in [1.54, 1.807) is 18.3 Å². The van der Waals surface area contributed by atoms with Crippen molar-refractivity contribution in [2.75, 3.05) is 0 Å². The monoisotopic (exact) mass is 412 g/mol. The van der Waals surface area contributed by atoms with Crippen LogP contribution in [0.25, 0.3) is 11.4 Å². The summed E-state index contributed by atoms with van der Waals surface area (Å²) in [5.41, 5.74) is 0.714. The first kappa shape index (κ1) is 12.2. The van der Waals surface area contributed by atoms with Gasteiger partial charge < -0.3 is 0 Å². The van der Waals surface area contributed by atoms with Gasteiger partial charge in [0.1, 0.15) is 11.0 Å². The lowest BCUT2D eigenvalue weighted by Gasteiger charge is -2.02. The maximum Gasteiger partial charge on any atom is 0.160 e. The summed E-state index contributed by atoms with van der Waals surface area (Å²) in [4.78, 5) is 8.25. The zero-order valence-corrected chi connectivity index (χ0v) is 12.2. The standard InChI is InChI=1S/C10H4BrClFIN2/c11-6-3-5(1-2-7(6)13)10-15-4-8(14)9(12)16-10/h1-4H. The van der Waals surface area contributed by atoms with Gasteiger partial charge in [-0.3, -0.25) is 0 Å². The average molecular weight is 413 g/mol. The van der Waals surface area contributed by atoms with Crippen molar-refractivity contribution in [3.8, 4) is 11.4 Å². The normalized spacial score (nSPS) is 10.5. The van der Waals surface area contributed by atoms with Gasteiger partial charge in [-0.2, -0.15) is 0 Å². The Hall–Kier alpha value is -0.270. The summed E-state index contributed by atoms with van der Waals surface area (Å²) in [6.45, 7) is 0. The number of hydrogen-bond acceptors (Lipinski definition) is 2. The van der Waals surface area contributed by atoms with Crippen molar-refractivity contribution in [1.29, 1.82) is 0 Å². The molecule has 6 heteroatoms. The third kappa shape index (κ3) is 2.52. The van der Waals surface area contributed by atoms with Crippen LogP contribution in [0.1, 0.15) is 0 Å². The van der Waals surface area contributed by atoms with Crippen LogP contribution in [0.3, 0.4) is 0 Å². The second kappa shape index (κ2) is 4.93. The van der Waals surface area contributed by atoms with Gasteiger partial charge in [-0.1, -0.05) is 11.6 Å². The van der Waals surface area contributed by atoms with E-state index in [1.165, 1.54) is 6.07 Å². The minimum Gasteiger partial charge on any atom is -0.235 e. The molecular weight excluding hydrogens is 409 g/mol. The van der Waals surface area contributed by atoms with Crippen molar-refractivity contribution in [2.24, 2.45) is 0 Å². The van der Waals surface area contributed by atoms with Crippen molar-refractivity contribution in [3.05, 3.63) is 43.4 Å². The third-order valence-electron chi connectivity index (χ3n) is 1.88. The molecule has 0 spiro atoms. The zero-order valence-electron chi connectivity index (χ0n) is 7.72. The molecule has 0 aliphatic rings. The fourth-order valence-corrected chi connectivity index (χ4v) is 1.89. The molecule has 0 unspecified atom stereocenters. The number of nitrogens with zero attached hydrogens (tertiary/aromatic N) is 2. The average Bonchev–Trinajstić information content (AvgIpc) is 2.26. The molecule has 0 radical (unpaired) electrons. The smallest absolute Gasteiger partial charge is 0.160 e. The molecule has 0 fully saturated rings. The molecule has 1 aromatic heterocycles. The molecular formula is C10H4BrClFIN2. The number of rotatable bonds is 1. The summed E-state index contributed by atoms with van der Waals surface area (Å²) < 4.78 is 14.2. The fourth-order valence-electron chi connectivity index (χ4n) is 1.12. The zero-order chi connectivity index (χ0) is 11.7. The van der Waals surface area contributed by atoms with E-state index in [2.05, 4.69) is 25.9 Å². The molecule has 0 aliphatic carbocycles. The predicted molar refractivity (Wildman–Crippen MR) is 72.9 cm³/mol. The van der Waals surface area contributed by atoms with Gasteiger partial charge in [-0.05, 0) is 56.7 Å². The van der Waals surface area contributed by atoms with Gasteiger partial charge in [0.2, 0.25) is 0 Å². The van der Waals surface area contributed by atoms with E-state index in [0.29, 0.717) is 21.0 Å². The van der Waals surface area contributed by atoms with Crippen LogP contribution < -0.4 is 0 Å². The molecule has 1 aromatic carbocycles. The number of benzene rings is 1. The van der Waals surface area contributed by atoms with Gasteiger partial charge in [0.25, 0.3) is 0 Å². The molecule has 0 aliphatic heterocycles. The largest absolute Gasteiger partial charge is 0.235 e. The summed E-state index contributed by atoms with van der Waals surface area (Å²) in [6.07, 6.45) is 1.63. The predicted octanol–water partition coefficient (Wildman–Crippen LogP) is 4.30. The minimum atomic E-state index is -0.319. The number of halogens is 4. The molecule has 0 bridgehead atoms. The van der Waals surface area contributed by atoms with Crippen LogP contribution in [0.15, 0.2) is 28.9 Å². The van der Waals surface area contributed by atoms with Crippen molar-refractivity contribution in [3.63, 3.8) is 0 Å². The number of hydrogen-bond donors (Lipinski definition) is 0. The van der Waals surface area contributed by atoms with Crippen molar-refractivity contribution >= 4 is 50.1 Å². The Morgan fingerprint density at radius 1 is 1.38 bits per heavy atom. The SMILES string of the molecule is Fc1ccc(-c2ncc(I)c(Cl)n2)cc1Br. The lowest BCUT2D eigenvalue weighted by Crippen LogP contribution is -1.92. The molecule has 0 N–H and O–H groups in total. The molecule has 82 valence electrons. The van der Waals surface area contributed by atoms with E-state index in [1.807, 2.05) is 22.6 Å². The highest BCUT2D eigenvalue weighted by atomic mass is 127. The lowest BCUT2D eigenvalue weighted by molar-refractivity contribution is 0.621. The van der Waals surface area contributed by atoms with Crippen molar-refractivity contribution in [2.45, 2.75) is 0 Å². The van der Waals surface area contributed by atoms with Crippen LogP contribution in [0.5, 0.6) is 0 Å². The Morgan fingerprint density at radius 3 is 2.75 bits per heavy atom. The Balaban J connectivity index is 2.50. The van der Waals surface area contributed by atoms with Crippen LogP contribution in [0.2, 0.25) is 5.15 Å². The van der Waals surface area contributed by atoms with Gasteiger partial charge in [-0.15, -0.1) is 0 Å². The van der Waals surface area contributed by atoms with E-state index in [9.17, 15) is 4.39 Å². The second-order valence-electron chi connectivity index (χ2n) is 2.96. The maximum atomic E-state index is 13.0. The Bertz CT molecular complexity index is 501. The molecule has 0 saturated heterocycles. The molecule has 2 rings (SSSR count). The summed E-state index contributed by atoms with van der Waals surface area (Å²) in [6, 6.07) is 4.58. The van der Waals surface area contributed by atoms with Gasteiger partial charge in [0.05, 0.1) is 8.04 Å². The topological polar surface area (TPSA) is 25.8 Å². The van der Waals surface area contributed by atoms with E-state index in [4.69, 9.17) is 11.6 Å². The van der Waals surface area contributed by atoms with Crippen molar-refractivity contribution < 1.29 is 4.39 Å². The van der Waals surface area contributed by atoms with Crippen LogP contribution in [0.4, 0.5) is 4.39 Å². The second-order valence-corrected chi connectivity index (χ2v) is 5.34. The third-order valence-corrected chi connectivity index (χ3v) is 3.88. The molecule has 2 nitrogen and oxygen atoms in total. The maximum absolute atomic E-state index is 13.0. The molecule has 0 saturated carbocycles. The van der Waals surface area contributed by atoms with Crippen LogP contribution >= 0.6 is 50.1 Å². The van der Waals surface area contributed by atoms with E-state index >= 15 is 0 Å². The summed E-state index contributed by atoms with van der Waals surface area (Å²) >= 11 is 11.0. The van der Waals surface area contributed by atoms with E-state index in [0.717, 1.165) is 3.57 Å². The van der Waals surface area contributed by atoms with E-state index in [-0.39, 0.29) is 5.82 Å². The molecule has 2 aromatic rings. The molecule has 1 heterocycles. The van der Waals surface area contributed by atoms with Crippen LogP contribution in [0, 0.1) is 9.39 Å². The summed E-state index contributed by atoms with van der Waals surface area (Å²) in [7, 11) is 0.